The van der Waals surface area contributed by atoms with Crippen LogP contribution < -0.4 is 5.73 Å². The largest absolute Gasteiger partial charge is 0.409 e. The van der Waals surface area contributed by atoms with Gasteiger partial charge in [0.1, 0.15) is 5.82 Å². The first kappa shape index (κ1) is 14.9. The van der Waals surface area contributed by atoms with Crippen LogP contribution in [0, 0.1) is 12.7 Å². The molecular weight excluding hydrogens is 249 g/mol. The molecule has 19 heavy (non-hydrogen) atoms. The minimum absolute atomic E-state index is 0.0411. The molecular formula is C13H18FN3O2. The molecule has 0 saturated heterocycles. The Balaban J connectivity index is 2.95. The molecule has 0 saturated carbocycles. The van der Waals surface area contributed by atoms with Crippen molar-refractivity contribution in [2.24, 2.45) is 10.9 Å². The van der Waals surface area contributed by atoms with Gasteiger partial charge >= 0.3 is 0 Å². The van der Waals surface area contributed by atoms with E-state index in [9.17, 15) is 9.18 Å². The number of halogens is 1. The quantitative estimate of drug-likeness (QED) is 0.369. The number of nitrogens with zero attached hydrogens (tertiary/aromatic N) is 2. The van der Waals surface area contributed by atoms with E-state index in [1.807, 2.05) is 6.92 Å². The Morgan fingerprint density at radius 2 is 2.21 bits per heavy atom. The maximum atomic E-state index is 13.2. The van der Waals surface area contributed by atoms with Crippen molar-refractivity contribution in [1.29, 1.82) is 0 Å². The van der Waals surface area contributed by atoms with Gasteiger partial charge in [0.25, 0.3) is 5.91 Å². The molecule has 3 N–H and O–H groups in total. The lowest BCUT2D eigenvalue weighted by Crippen LogP contribution is -2.39. The summed E-state index contributed by atoms with van der Waals surface area (Å²) in [5.74, 6) is -0.660. The standard InChI is InChI=1S/C13H18FN3O2/c1-3-6-17(8-12(15)16-19)13(18)10-4-5-11(14)9(2)7-10/h4-5,7,19H,3,6,8H2,1-2H3,(H2,15,16). The minimum Gasteiger partial charge on any atom is -0.409 e. The number of rotatable bonds is 5. The molecule has 5 nitrogen and oxygen atoms in total. The van der Waals surface area contributed by atoms with Gasteiger partial charge < -0.3 is 15.8 Å². The van der Waals surface area contributed by atoms with Crippen LogP contribution in [0.1, 0.15) is 29.3 Å². The molecule has 104 valence electrons. The van der Waals surface area contributed by atoms with Crippen molar-refractivity contribution >= 4 is 11.7 Å². The SMILES string of the molecule is CCCN(CC(N)=NO)C(=O)c1ccc(F)c(C)c1. The number of amides is 1. The molecule has 1 aromatic rings. The molecule has 0 heterocycles. The molecule has 0 atom stereocenters. The van der Waals surface area contributed by atoms with Gasteiger partial charge in [-0.3, -0.25) is 4.79 Å². The summed E-state index contributed by atoms with van der Waals surface area (Å²) in [5, 5.41) is 11.4. The fourth-order valence-corrected chi connectivity index (χ4v) is 1.71. The smallest absolute Gasteiger partial charge is 0.254 e. The van der Waals surface area contributed by atoms with E-state index in [0.717, 1.165) is 6.42 Å². The zero-order chi connectivity index (χ0) is 14.4. The Kier molecular flexibility index (Phi) is 5.29. The second kappa shape index (κ2) is 6.72. The normalized spacial score (nSPS) is 11.4. The molecule has 0 fully saturated rings. The summed E-state index contributed by atoms with van der Waals surface area (Å²) >= 11 is 0. The van der Waals surface area contributed by atoms with E-state index in [2.05, 4.69) is 5.16 Å². The van der Waals surface area contributed by atoms with Gasteiger partial charge in [-0.1, -0.05) is 12.1 Å². The maximum Gasteiger partial charge on any atom is 0.254 e. The zero-order valence-electron chi connectivity index (χ0n) is 11.1. The second-order valence-corrected chi connectivity index (χ2v) is 4.28. The predicted molar refractivity (Wildman–Crippen MR) is 70.7 cm³/mol. The first-order chi connectivity index (χ1) is 8.99. The van der Waals surface area contributed by atoms with Crippen molar-refractivity contribution < 1.29 is 14.4 Å². The van der Waals surface area contributed by atoms with Crippen molar-refractivity contribution in [2.45, 2.75) is 20.3 Å². The monoisotopic (exact) mass is 267 g/mol. The third-order valence-electron chi connectivity index (χ3n) is 2.67. The molecule has 0 aliphatic heterocycles. The third-order valence-corrected chi connectivity index (χ3v) is 2.67. The minimum atomic E-state index is -0.352. The maximum absolute atomic E-state index is 13.2. The number of oxime groups is 1. The van der Waals surface area contributed by atoms with Crippen LogP contribution in [0.25, 0.3) is 0 Å². The van der Waals surface area contributed by atoms with Crippen LogP contribution in [0.2, 0.25) is 0 Å². The number of benzene rings is 1. The molecule has 0 unspecified atom stereocenters. The lowest BCUT2D eigenvalue weighted by molar-refractivity contribution is 0.0778. The van der Waals surface area contributed by atoms with E-state index in [1.165, 1.54) is 23.1 Å². The van der Waals surface area contributed by atoms with Crippen LogP contribution >= 0.6 is 0 Å². The van der Waals surface area contributed by atoms with Gasteiger partial charge in [0.05, 0.1) is 6.54 Å². The topological polar surface area (TPSA) is 78.9 Å². The lowest BCUT2D eigenvalue weighted by atomic mass is 10.1. The molecule has 6 heteroatoms. The van der Waals surface area contributed by atoms with Gasteiger partial charge in [-0.15, -0.1) is 0 Å². The van der Waals surface area contributed by atoms with Crippen LogP contribution in [-0.2, 0) is 0 Å². The van der Waals surface area contributed by atoms with Crippen LogP contribution in [0.4, 0.5) is 4.39 Å². The van der Waals surface area contributed by atoms with Gasteiger partial charge in [-0.2, -0.15) is 0 Å². The molecule has 0 bridgehead atoms. The highest BCUT2D eigenvalue weighted by Crippen LogP contribution is 2.12. The van der Waals surface area contributed by atoms with Crippen molar-refractivity contribution in [1.82, 2.24) is 4.90 Å². The molecule has 1 amide bonds. The molecule has 1 rings (SSSR count). The van der Waals surface area contributed by atoms with Crippen LogP contribution in [0.15, 0.2) is 23.4 Å². The molecule has 0 aliphatic rings. The second-order valence-electron chi connectivity index (χ2n) is 4.28. The summed E-state index contributed by atoms with van der Waals surface area (Å²) < 4.78 is 13.2. The average Bonchev–Trinajstić information content (AvgIpc) is 2.40. The van der Waals surface area contributed by atoms with E-state index >= 15 is 0 Å². The van der Waals surface area contributed by atoms with E-state index < -0.39 is 0 Å². The number of carbonyl (C=O) groups excluding carboxylic acids is 1. The highest BCUT2D eigenvalue weighted by atomic mass is 19.1. The summed E-state index contributed by atoms with van der Waals surface area (Å²) in [7, 11) is 0. The Morgan fingerprint density at radius 1 is 1.53 bits per heavy atom. The van der Waals surface area contributed by atoms with Crippen molar-refractivity contribution in [2.75, 3.05) is 13.1 Å². The van der Waals surface area contributed by atoms with Gasteiger partial charge in [0.15, 0.2) is 5.84 Å². The Morgan fingerprint density at radius 3 is 2.74 bits per heavy atom. The first-order valence-corrected chi connectivity index (χ1v) is 6.01. The van der Waals surface area contributed by atoms with E-state index in [1.54, 1.807) is 6.92 Å². The molecule has 0 spiro atoms. The Hall–Kier alpha value is -2.11. The Labute approximate surface area is 111 Å². The van der Waals surface area contributed by atoms with Crippen LogP contribution in [-0.4, -0.2) is 34.9 Å². The molecule has 0 aromatic heterocycles. The lowest BCUT2D eigenvalue weighted by Gasteiger charge is -2.21. The summed E-state index contributed by atoms with van der Waals surface area (Å²) in [4.78, 5) is 13.7. The van der Waals surface area contributed by atoms with Crippen LogP contribution in [0.3, 0.4) is 0 Å². The van der Waals surface area contributed by atoms with Gasteiger partial charge in [-0.05, 0) is 37.1 Å². The van der Waals surface area contributed by atoms with E-state index in [4.69, 9.17) is 10.9 Å². The van der Waals surface area contributed by atoms with Crippen molar-refractivity contribution in [3.63, 3.8) is 0 Å². The van der Waals surface area contributed by atoms with Crippen LogP contribution in [0.5, 0.6) is 0 Å². The summed E-state index contributed by atoms with van der Waals surface area (Å²) in [6, 6.07) is 4.18. The molecule has 0 aliphatic carbocycles. The Bertz CT molecular complexity index is 489. The number of carbonyl (C=O) groups is 1. The average molecular weight is 267 g/mol. The molecule has 1 aromatic carbocycles. The number of aryl methyl sites for hydroxylation is 1. The highest BCUT2D eigenvalue weighted by molar-refractivity contribution is 5.97. The summed E-state index contributed by atoms with van der Waals surface area (Å²) in [6.45, 7) is 4.04. The first-order valence-electron chi connectivity index (χ1n) is 6.01. The van der Waals surface area contributed by atoms with Crippen molar-refractivity contribution in [3.05, 3.63) is 35.1 Å². The van der Waals surface area contributed by atoms with Gasteiger partial charge in [0.2, 0.25) is 0 Å². The summed E-state index contributed by atoms with van der Waals surface area (Å²) in [6.07, 6.45) is 0.741. The number of hydrogen-bond acceptors (Lipinski definition) is 3. The molecule has 0 radical (unpaired) electrons. The summed E-state index contributed by atoms with van der Waals surface area (Å²) in [5.41, 5.74) is 6.22. The van der Waals surface area contributed by atoms with Gasteiger partial charge in [0, 0.05) is 12.1 Å². The number of amidine groups is 1. The van der Waals surface area contributed by atoms with Crippen molar-refractivity contribution in [3.8, 4) is 0 Å². The fourth-order valence-electron chi connectivity index (χ4n) is 1.71. The van der Waals surface area contributed by atoms with Gasteiger partial charge in [-0.25, -0.2) is 4.39 Å². The van der Waals surface area contributed by atoms with E-state index in [-0.39, 0.29) is 24.1 Å². The fraction of sp³-hybridized carbons (Fsp3) is 0.385. The van der Waals surface area contributed by atoms with E-state index in [0.29, 0.717) is 17.7 Å². The number of nitrogens with two attached hydrogens (primary N) is 1. The zero-order valence-corrected chi connectivity index (χ0v) is 11.1. The number of hydrogen-bond donors (Lipinski definition) is 2. The predicted octanol–water partition coefficient (Wildman–Crippen LogP) is 1.73. The highest BCUT2D eigenvalue weighted by Gasteiger charge is 2.17. The third kappa shape index (κ3) is 3.94.